The number of oxime groups is 1. The van der Waals surface area contributed by atoms with Gasteiger partial charge in [-0.2, -0.15) is 4.31 Å². The van der Waals surface area contributed by atoms with Gasteiger partial charge >= 0.3 is 0 Å². The van der Waals surface area contributed by atoms with E-state index in [1.807, 2.05) is 37.3 Å². The van der Waals surface area contributed by atoms with E-state index in [2.05, 4.69) is 15.8 Å². The number of hydrogen-bond acceptors (Lipinski definition) is 8. The Hall–Kier alpha value is -4.59. The molecule has 0 radical (unpaired) electrons. The van der Waals surface area contributed by atoms with Gasteiger partial charge in [-0.1, -0.05) is 72.6 Å². The summed E-state index contributed by atoms with van der Waals surface area (Å²) in [7, 11) is -3.97. The molecule has 4 aliphatic rings. The van der Waals surface area contributed by atoms with Gasteiger partial charge in [0.15, 0.2) is 5.60 Å². The first-order valence-electron chi connectivity index (χ1n) is 17.6. The molecule has 1 spiro atoms. The van der Waals surface area contributed by atoms with Crippen LogP contribution in [0.2, 0.25) is 5.02 Å². The summed E-state index contributed by atoms with van der Waals surface area (Å²) in [6.07, 6.45) is 3.25. The Morgan fingerprint density at radius 1 is 1.02 bits per heavy atom. The van der Waals surface area contributed by atoms with Gasteiger partial charge in [0.1, 0.15) is 6.04 Å². The standard InChI is InChI=1S/C38H40ClN5O7S/c1-2-7-31(34(45)36(47)40-29-14-15-29)41-35(46)33-21-38(20-32(42-51-38)25-10-5-12-28(39)18-25)23-44(33)37(48)26-11-6-13-30(19-26)52(49,50)43-17-16-24-8-3-4-9-27(24)22-43/h3-6,8-13,18-19,29,31,33H,2,7,14-17,20-23H2,1H3,(H,40,47)(H,41,46)/t31-,33-,38+/m0/s1. The van der Waals surface area contributed by atoms with Gasteiger partial charge < -0.3 is 20.4 Å². The van der Waals surface area contributed by atoms with Gasteiger partial charge in [0.25, 0.3) is 11.8 Å². The minimum absolute atomic E-state index is 0.0317. The van der Waals surface area contributed by atoms with Crippen LogP contribution < -0.4 is 10.6 Å². The van der Waals surface area contributed by atoms with Gasteiger partial charge in [-0.25, -0.2) is 8.42 Å². The molecule has 3 aliphatic heterocycles. The number of benzene rings is 3. The number of carbonyl (C=O) groups excluding carboxylic acids is 4. The summed E-state index contributed by atoms with van der Waals surface area (Å²) in [5.41, 5.74) is 2.38. The Labute approximate surface area is 307 Å². The second-order valence-corrected chi connectivity index (χ2v) is 16.4. The van der Waals surface area contributed by atoms with Gasteiger partial charge in [-0.05, 0) is 67.1 Å². The highest BCUT2D eigenvalue weighted by Crippen LogP contribution is 2.40. The second-order valence-electron chi connectivity index (χ2n) is 14.0. The molecule has 2 N–H and O–H groups in total. The van der Waals surface area contributed by atoms with Crippen LogP contribution in [0.5, 0.6) is 0 Å². The number of likely N-dealkylation sites (tertiary alicyclic amines) is 1. The predicted molar refractivity (Wildman–Crippen MR) is 193 cm³/mol. The number of amides is 3. The number of nitrogens with zero attached hydrogens (tertiary/aromatic N) is 3. The predicted octanol–water partition coefficient (Wildman–Crippen LogP) is 4.00. The molecule has 272 valence electrons. The Bertz CT molecular complexity index is 2070. The Morgan fingerprint density at radius 2 is 1.79 bits per heavy atom. The molecule has 12 nitrogen and oxygen atoms in total. The number of nitrogens with one attached hydrogen (secondary N) is 2. The number of carbonyl (C=O) groups is 4. The molecule has 0 bridgehead atoms. The summed E-state index contributed by atoms with van der Waals surface area (Å²) in [4.78, 5) is 61.7. The zero-order valence-corrected chi connectivity index (χ0v) is 30.3. The maximum Gasteiger partial charge on any atom is 0.289 e. The van der Waals surface area contributed by atoms with E-state index in [9.17, 15) is 27.6 Å². The SMILES string of the molecule is CCC[C@H](NC(=O)[C@@H]1C[C@]2(CC(c3cccc(Cl)c3)=NO2)CN1C(=O)c1cccc(S(=O)(=O)N2CCc3ccccc3C2)c1)C(=O)C(=O)NC1CC1. The molecular weight excluding hydrogens is 706 g/mol. The molecular formula is C38H40ClN5O7S. The summed E-state index contributed by atoms with van der Waals surface area (Å²) in [6, 6.07) is 18.4. The fourth-order valence-electron chi connectivity index (χ4n) is 7.18. The fourth-order valence-corrected chi connectivity index (χ4v) is 8.84. The molecule has 3 heterocycles. The number of halogens is 1. The van der Waals surface area contributed by atoms with Crippen molar-refractivity contribution in [3.8, 4) is 0 Å². The molecule has 52 heavy (non-hydrogen) atoms. The number of fused-ring (bicyclic) bond motifs is 1. The molecule has 1 aliphatic carbocycles. The number of rotatable bonds is 11. The Balaban J connectivity index is 1.15. The number of ketones is 1. The minimum atomic E-state index is -3.97. The van der Waals surface area contributed by atoms with Gasteiger partial charge in [0.2, 0.25) is 21.7 Å². The molecule has 3 aromatic carbocycles. The molecule has 14 heteroatoms. The van der Waals surface area contributed by atoms with Crippen LogP contribution in [0.1, 0.15) is 72.5 Å². The molecule has 3 amide bonds. The lowest BCUT2D eigenvalue weighted by molar-refractivity contribution is -0.140. The van der Waals surface area contributed by atoms with Gasteiger partial charge in [0, 0.05) is 48.1 Å². The highest BCUT2D eigenvalue weighted by molar-refractivity contribution is 7.89. The second kappa shape index (κ2) is 14.4. The van der Waals surface area contributed by atoms with Crippen molar-refractivity contribution in [3.05, 3.63) is 100 Å². The average molecular weight is 746 g/mol. The lowest BCUT2D eigenvalue weighted by atomic mass is 9.91. The van der Waals surface area contributed by atoms with Crippen LogP contribution in [-0.4, -0.2) is 83.7 Å². The first-order chi connectivity index (χ1) is 25.0. The van der Waals surface area contributed by atoms with Gasteiger partial charge in [-0.15, -0.1) is 0 Å². The molecule has 3 atom stereocenters. The van der Waals surface area contributed by atoms with E-state index in [1.165, 1.54) is 33.5 Å². The Kier molecular flexibility index (Phi) is 9.94. The van der Waals surface area contributed by atoms with E-state index in [1.54, 1.807) is 18.2 Å². The van der Waals surface area contributed by atoms with Crippen molar-refractivity contribution in [2.45, 2.75) is 87.0 Å². The smallest absolute Gasteiger partial charge is 0.289 e. The average Bonchev–Trinajstić information content (AvgIpc) is 3.75. The molecule has 7 rings (SSSR count). The summed E-state index contributed by atoms with van der Waals surface area (Å²) in [5, 5.41) is 10.3. The highest BCUT2D eigenvalue weighted by atomic mass is 35.5. The van der Waals surface area contributed by atoms with Crippen LogP contribution in [0.4, 0.5) is 0 Å². The maximum absolute atomic E-state index is 14.4. The third kappa shape index (κ3) is 7.35. The van der Waals surface area contributed by atoms with Crippen LogP contribution in [0.25, 0.3) is 0 Å². The minimum Gasteiger partial charge on any atom is -0.387 e. The van der Waals surface area contributed by atoms with Gasteiger partial charge in [0.05, 0.1) is 23.2 Å². The van der Waals surface area contributed by atoms with E-state index in [0.717, 1.165) is 29.5 Å². The van der Waals surface area contributed by atoms with E-state index in [-0.39, 0.29) is 48.9 Å². The summed E-state index contributed by atoms with van der Waals surface area (Å²) in [6.45, 7) is 2.33. The van der Waals surface area contributed by atoms with Crippen LogP contribution in [0, 0.1) is 0 Å². The van der Waals surface area contributed by atoms with Crippen molar-refractivity contribution >= 4 is 50.8 Å². The zero-order chi connectivity index (χ0) is 36.6. The van der Waals surface area contributed by atoms with Gasteiger partial charge in [-0.3, -0.25) is 19.2 Å². The van der Waals surface area contributed by atoms with Crippen molar-refractivity contribution in [1.82, 2.24) is 19.8 Å². The summed E-state index contributed by atoms with van der Waals surface area (Å²) < 4.78 is 29.1. The van der Waals surface area contributed by atoms with E-state index < -0.39 is 51.2 Å². The van der Waals surface area contributed by atoms with E-state index in [0.29, 0.717) is 30.1 Å². The van der Waals surface area contributed by atoms with Crippen LogP contribution in [0.3, 0.4) is 0 Å². The van der Waals surface area contributed by atoms with Crippen molar-refractivity contribution in [2.24, 2.45) is 5.16 Å². The van der Waals surface area contributed by atoms with Crippen LogP contribution in [-0.2, 0) is 42.2 Å². The van der Waals surface area contributed by atoms with Crippen LogP contribution >= 0.6 is 11.6 Å². The normalized spacial score (nSPS) is 21.9. The maximum atomic E-state index is 14.4. The number of hydrogen-bond donors (Lipinski definition) is 2. The summed E-state index contributed by atoms with van der Waals surface area (Å²) >= 11 is 6.24. The van der Waals surface area contributed by atoms with E-state index in [4.69, 9.17) is 16.4 Å². The molecule has 3 aromatic rings. The first-order valence-corrected chi connectivity index (χ1v) is 19.4. The summed E-state index contributed by atoms with van der Waals surface area (Å²) in [5.74, 6) is -2.69. The topological polar surface area (TPSA) is 155 Å². The van der Waals surface area contributed by atoms with Crippen molar-refractivity contribution in [2.75, 3.05) is 13.1 Å². The largest absolute Gasteiger partial charge is 0.387 e. The van der Waals surface area contributed by atoms with Crippen LogP contribution in [0.15, 0.2) is 82.8 Å². The quantitative estimate of drug-likeness (QED) is 0.282. The third-order valence-corrected chi connectivity index (χ3v) is 12.2. The highest BCUT2D eigenvalue weighted by Gasteiger charge is 2.54. The van der Waals surface area contributed by atoms with Crippen molar-refractivity contribution in [3.63, 3.8) is 0 Å². The molecule has 0 unspecified atom stereocenters. The third-order valence-electron chi connectivity index (χ3n) is 10.1. The lowest BCUT2D eigenvalue weighted by Gasteiger charge is -2.28. The lowest BCUT2D eigenvalue weighted by Crippen LogP contribution is -2.53. The molecule has 1 saturated carbocycles. The molecule has 1 saturated heterocycles. The number of sulfonamides is 1. The van der Waals surface area contributed by atoms with Crippen molar-refractivity contribution < 1.29 is 32.4 Å². The van der Waals surface area contributed by atoms with E-state index >= 15 is 0 Å². The van der Waals surface area contributed by atoms with Crippen molar-refractivity contribution in [1.29, 1.82) is 0 Å². The molecule has 2 fully saturated rings. The number of Topliss-reactive ketones (excluding diaryl/α,β-unsaturated/α-hetero) is 1. The zero-order valence-electron chi connectivity index (χ0n) is 28.7. The monoisotopic (exact) mass is 745 g/mol. The Morgan fingerprint density at radius 3 is 2.54 bits per heavy atom. The fraction of sp³-hybridized carbons (Fsp3) is 0.395. The molecule has 0 aromatic heterocycles. The first kappa shape index (κ1) is 35.8.